The summed E-state index contributed by atoms with van der Waals surface area (Å²) in [5.41, 5.74) is 6.23. The quantitative estimate of drug-likeness (QED) is 0.220. The Morgan fingerprint density at radius 1 is 1.10 bits per heavy atom. The number of nitrogens with one attached hydrogen (secondary N) is 2. The van der Waals surface area contributed by atoms with Gasteiger partial charge in [0.15, 0.2) is 0 Å². The number of hydrogen-bond donors (Lipinski definition) is 4. The molecule has 5 N–H and O–H groups in total. The number of hydrogen-bond acceptors (Lipinski definition) is 4. The number of halogens is 3. The molecule has 1 amide bonds. The Balaban J connectivity index is 1.59. The highest BCUT2D eigenvalue weighted by atomic mass is 35.5. The lowest BCUT2D eigenvalue weighted by atomic mass is 9.75. The van der Waals surface area contributed by atoms with Crippen LogP contribution in [-0.4, -0.2) is 30.9 Å². The van der Waals surface area contributed by atoms with Gasteiger partial charge in [-0.1, -0.05) is 41.9 Å². The monoisotopic (exact) mass is 594 g/mol. The van der Waals surface area contributed by atoms with Gasteiger partial charge >= 0.3 is 5.69 Å². The summed E-state index contributed by atoms with van der Waals surface area (Å²) in [5.74, 6) is -2.50. The molecule has 0 radical (unpaired) electrons. The van der Waals surface area contributed by atoms with Gasteiger partial charge in [-0.3, -0.25) is 9.59 Å². The van der Waals surface area contributed by atoms with Crippen LogP contribution in [0.3, 0.4) is 0 Å². The predicted octanol–water partition coefficient (Wildman–Crippen LogP) is 4.89. The Bertz CT molecular complexity index is 2010. The minimum Gasteiger partial charge on any atom is -0.386 e. The average molecular weight is 595 g/mol. The van der Waals surface area contributed by atoms with Crippen molar-refractivity contribution in [1.82, 2.24) is 14.5 Å². The second-order valence-electron chi connectivity index (χ2n) is 10.9. The van der Waals surface area contributed by atoms with Crippen molar-refractivity contribution in [2.75, 3.05) is 0 Å². The first-order chi connectivity index (χ1) is 19.4. The predicted molar refractivity (Wildman–Crippen MR) is 157 cm³/mol. The van der Waals surface area contributed by atoms with Crippen LogP contribution in [0, 0.1) is 5.82 Å². The molecule has 41 heavy (non-hydrogen) atoms. The molecule has 0 saturated carbocycles. The van der Waals surface area contributed by atoms with Crippen LogP contribution in [0.5, 0.6) is 0 Å². The number of carbonyl (C=O) groups is 1. The molecule has 11 heteroatoms. The molecular formula is C30H25Cl2FN4O4. The van der Waals surface area contributed by atoms with Gasteiger partial charge in [-0.15, -0.1) is 11.6 Å². The summed E-state index contributed by atoms with van der Waals surface area (Å²) >= 11 is 13.9. The number of rotatable bonds is 4. The van der Waals surface area contributed by atoms with Gasteiger partial charge < -0.3 is 20.8 Å². The van der Waals surface area contributed by atoms with E-state index in [2.05, 4.69) is 9.97 Å². The summed E-state index contributed by atoms with van der Waals surface area (Å²) in [6, 6.07) is 14.4. The summed E-state index contributed by atoms with van der Waals surface area (Å²) in [7, 11) is 0. The van der Waals surface area contributed by atoms with Gasteiger partial charge in [0, 0.05) is 27.9 Å². The molecule has 2 heterocycles. The number of amides is 1. The van der Waals surface area contributed by atoms with E-state index in [1.165, 1.54) is 18.2 Å². The van der Waals surface area contributed by atoms with Gasteiger partial charge in [-0.25, -0.2) is 13.8 Å². The van der Waals surface area contributed by atoms with E-state index >= 15 is 0 Å². The number of alkyl halides is 1. The third-order valence-electron chi connectivity index (χ3n) is 7.87. The summed E-state index contributed by atoms with van der Waals surface area (Å²) in [5, 5.41) is 10.8. The number of fused-ring (bicyclic) bond motifs is 4. The fraction of sp³-hybridized carbons (Fsp3) is 0.233. The van der Waals surface area contributed by atoms with Crippen LogP contribution in [0.15, 0.2) is 64.2 Å². The molecule has 5 aromatic rings. The minimum absolute atomic E-state index is 0.00946. The molecule has 0 saturated heterocycles. The molecule has 8 nitrogen and oxygen atoms in total. The second-order valence-corrected chi connectivity index (χ2v) is 11.8. The van der Waals surface area contributed by atoms with Crippen molar-refractivity contribution in [3.05, 3.63) is 109 Å². The molecule has 2 aromatic heterocycles. The summed E-state index contributed by atoms with van der Waals surface area (Å²) in [6.45, 7) is 3.35. The lowest BCUT2D eigenvalue weighted by Crippen LogP contribution is -2.35. The maximum absolute atomic E-state index is 14.3. The van der Waals surface area contributed by atoms with Crippen LogP contribution >= 0.6 is 23.2 Å². The van der Waals surface area contributed by atoms with Crippen LogP contribution < -0.4 is 17.0 Å². The fourth-order valence-corrected chi connectivity index (χ4v) is 6.64. The molecule has 0 spiro atoms. The molecule has 3 atom stereocenters. The number of aliphatic hydroxyl groups is 1. The smallest absolute Gasteiger partial charge is 0.333 e. The molecule has 6 rings (SSSR count). The van der Waals surface area contributed by atoms with Crippen LogP contribution in [0.25, 0.3) is 27.5 Å². The normalized spacial score (nSPS) is 19.0. The maximum Gasteiger partial charge on any atom is 0.333 e. The number of aromatic amines is 2. The molecule has 0 fully saturated rings. The minimum atomic E-state index is -1.10. The Morgan fingerprint density at radius 2 is 1.83 bits per heavy atom. The van der Waals surface area contributed by atoms with E-state index in [1.54, 1.807) is 32.0 Å². The molecule has 1 aliphatic carbocycles. The Hall–Kier alpha value is -3.92. The Kier molecular flexibility index (Phi) is 6.37. The standard InChI is InChI=1S/C30H25Cl2FN4O4/c1-30(2,41)13-9-10-14-20(11-13)35-26-17(27(34)38)12-18(31)22(23(14)26)15-5-4-8-21(24(15)32)37-28(39)16-6-3-7-19(33)25(16)36-29(37)40/h3-11,17-18,22,35,41H,12H2,1-2H3,(H2,34,38)(H,36,40)/t17?,18?,22-/m1/s1. The zero-order valence-electron chi connectivity index (χ0n) is 22.0. The van der Waals surface area contributed by atoms with Crippen molar-refractivity contribution in [2.45, 2.75) is 43.1 Å². The SMILES string of the molecule is CC(C)(O)c1ccc2c3c([nH]c2c1)C(C(N)=O)CC(Cl)[C@H]3c1cccc(-n2c(=O)[nH]c3c(F)cccc3c2=O)c1Cl. The van der Waals surface area contributed by atoms with Crippen LogP contribution in [0.1, 0.15) is 54.5 Å². The highest BCUT2D eigenvalue weighted by molar-refractivity contribution is 6.33. The number of aromatic nitrogens is 3. The van der Waals surface area contributed by atoms with Gasteiger partial charge in [0.2, 0.25) is 5.91 Å². The van der Waals surface area contributed by atoms with E-state index in [4.69, 9.17) is 28.9 Å². The third-order valence-corrected chi connectivity index (χ3v) is 8.71. The first-order valence-corrected chi connectivity index (χ1v) is 13.7. The van der Waals surface area contributed by atoms with Gasteiger partial charge in [0.25, 0.3) is 5.56 Å². The maximum atomic E-state index is 14.3. The first kappa shape index (κ1) is 27.3. The summed E-state index contributed by atoms with van der Waals surface area (Å²) in [4.78, 5) is 44.7. The lowest BCUT2D eigenvalue weighted by Gasteiger charge is -2.33. The van der Waals surface area contributed by atoms with Gasteiger partial charge in [0.1, 0.15) is 5.82 Å². The number of carbonyl (C=O) groups excluding carboxylic acids is 1. The van der Waals surface area contributed by atoms with Gasteiger partial charge in [-0.2, -0.15) is 0 Å². The van der Waals surface area contributed by atoms with E-state index < -0.39 is 45.8 Å². The molecule has 210 valence electrons. The van der Waals surface area contributed by atoms with Gasteiger partial charge in [0.05, 0.1) is 33.1 Å². The average Bonchev–Trinajstić information content (AvgIpc) is 3.28. The summed E-state index contributed by atoms with van der Waals surface area (Å²) < 4.78 is 15.2. The first-order valence-electron chi connectivity index (χ1n) is 12.9. The molecule has 3 aromatic carbocycles. The molecule has 0 aliphatic heterocycles. The zero-order chi connectivity index (χ0) is 29.4. The van der Waals surface area contributed by atoms with Crippen LogP contribution in [0.4, 0.5) is 4.39 Å². The molecular weight excluding hydrogens is 570 g/mol. The highest BCUT2D eigenvalue weighted by Crippen LogP contribution is 2.50. The number of benzene rings is 3. The number of primary amides is 1. The van der Waals surface area contributed by atoms with Crippen molar-refractivity contribution in [1.29, 1.82) is 0 Å². The van der Waals surface area contributed by atoms with Crippen LogP contribution in [0.2, 0.25) is 5.02 Å². The van der Waals surface area contributed by atoms with Crippen molar-refractivity contribution in [2.24, 2.45) is 5.73 Å². The molecule has 2 unspecified atom stereocenters. The topological polar surface area (TPSA) is 134 Å². The van der Waals surface area contributed by atoms with E-state index in [1.807, 2.05) is 12.1 Å². The highest BCUT2D eigenvalue weighted by Gasteiger charge is 2.41. The van der Waals surface area contributed by atoms with E-state index in [0.717, 1.165) is 21.6 Å². The Labute approximate surface area is 242 Å². The zero-order valence-corrected chi connectivity index (χ0v) is 23.5. The van der Waals surface area contributed by atoms with Crippen molar-refractivity contribution >= 4 is 50.9 Å². The summed E-state index contributed by atoms with van der Waals surface area (Å²) in [6.07, 6.45) is 0.218. The largest absolute Gasteiger partial charge is 0.386 e. The molecule has 1 aliphatic rings. The second kappa shape index (κ2) is 9.58. The van der Waals surface area contributed by atoms with Crippen molar-refractivity contribution in [3.63, 3.8) is 0 Å². The lowest BCUT2D eigenvalue weighted by molar-refractivity contribution is -0.119. The van der Waals surface area contributed by atoms with E-state index in [0.29, 0.717) is 22.3 Å². The van der Waals surface area contributed by atoms with Crippen molar-refractivity contribution < 1.29 is 14.3 Å². The number of nitrogens with zero attached hydrogens (tertiary/aromatic N) is 1. The van der Waals surface area contributed by atoms with Crippen molar-refractivity contribution in [3.8, 4) is 5.69 Å². The third kappa shape index (κ3) is 4.27. The number of H-pyrrole nitrogens is 2. The Morgan fingerprint density at radius 3 is 2.54 bits per heavy atom. The van der Waals surface area contributed by atoms with E-state index in [-0.39, 0.29) is 28.0 Å². The van der Waals surface area contributed by atoms with Gasteiger partial charge in [-0.05, 0) is 61.2 Å². The number of nitrogens with two attached hydrogens (primary N) is 1. The van der Waals surface area contributed by atoms with E-state index in [9.17, 15) is 23.9 Å². The number of para-hydroxylation sites is 1. The fourth-order valence-electron chi connectivity index (χ4n) is 5.87. The van der Waals surface area contributed by atoms with Crippen LogP contribution in [-0.2, 0) is 10.4 Å². The molecule has 0 bridgehead atoms.